The van der Waals surface area contributed by atoms with Crippen LogP contribution in [0.25, 0.3) is 0 Å². The molecule has 2 amide bonds. The van der Waals surface area contributed by atoms with E-state index in [-0.39, 0.29) is 38.5 Å². The highest BCUT2D eigenvalue weighted by atomic mass is 16.6. The van der Waals surface area contributed by atoms with Gasteiger partial charge in [-0.25, -0.2) is 19.2 Å². The van der Waals surface area contributed by atoms with Gasteiger partial charge in [0, 0.05) is 6.42 Å². The van der Waals surface area contributed by atoms with Crippen molar-refractivity contribution in [1.29, 1.82) is 0 Å². The van der Waals surface area contributed by atoms with E-state index in [1.165, 1.54) is 12.1 Å². The van der Waals surface area contributed by atoms with Crippen molar-refractivity contribution in [2.75, 3.05) is 13.2 Å². The highest BCUT2D eigenvalue weighted by Gasteiger charge is 2.23. The van der Waals surface area contributed by atoms with Crippen LogP contribution in [0, 0.1) is 0 Å². The van der Waals surface area contributed by atoms with Crippen molar-refractivity contribution >= 4 is 24.1 Å². The molecular weight excluding hydrogens is 504 g/mol. The molecule has 0 saturated heterocycles. The highest BCUT2D eigenvalue weighted by Crippen LogP contribution is 2.14. The smallest absolute Gasteiger partial charge is 0.408 e. The second-order valence-corrected chi connectivity index (χ2v) is 8.25. The van der Waals surface area contributed by atoms with Crippen LogP contribution in [-0.4, -0.2) is 43.3 Å². The Hall–Kier alpha value is -4.86. The van der Waals surface area contributed by atoms with Crippen LogP contribution in [0.2, 0.25) is 0 Å². The van der Waals surface area contributed by atoms with Crippen LogP contribution in [0.15, 0.2) is 84.9 Å². The van der Waals surface area contributed by atoms with Gasteiger partial charge in [0.1, 0.15) is 31.5 Å². The quantitative estimate of drug-likeness (QED) is 0.203. The molecule has 0 saturated carbocycles. The van der Waals surface area contributed by atoms with E-state index in [0.29, 0.717) is 5.56 Å². The van der Waals surface area contributed by atoms with Crippen molar-refractivity contribution in [2.45, 2.75) is 32.6 Å². The van der Waals surface area contributed by atoms with E-state index in [4.69, 9.17) is 18.9 Å². The zero-order chi connectivity index (χ0) is 27.9. The third kappa shape index (κ3) is 10.6. The molecule has 3 rings (SSSR count). The summed E-state index contributed by atoms with van der Waals surface area (Å²) in [5, 5.41) is 4.88. The summed E-state index contributed by atoms with van der Waals surface area (Å²) in [6.07, 6.45) is -1.37. The van der Waals surface area contributed by atoms with Gasteiger partial charge in [-0.3, -0.25) is 0 Å². The minimum absolute atomic E-state index is 0.0574. The number of benzene rings is 3. The molecule has 0 fully saturated rings. The number of alkyl carbamates (subject to hydrolysis) is 2. The van der Waals surface area contributed by atoms with Gasteiger partial charge in [-0.05, 0) is 35.7 Å². The summed E-state index contributed by atoms with van der Waals surface area (Å²) in [6.45, 7) is 1.58. The van der Waals surface area contributed by atoms with E-state index in [0.717, 1.165) is 11.1 Å². The maximum absolute atomic E-state index is 12.4. The molecule has 10 nitrogen and oxygen atoms in total. The molecule has 0 aliphatic carbocycles. The van der Waals surface area contributed by atoms with Gasteiger partial charge >= 0.3 is 24.1 Å². The van der Waals surface area contributed by atoms with Crippen molar-refractivity contribution in [1.82, 2.24) is 10.6 Å². The lowest BCUT2D eigenvalue weighted by molar-refractivity contribution is -0.145. The summed E-state index contributed by atoms with van der Waals surface area (Å²) < 4.78 is 20.6. The van der Waals surface area contributed by atoms with Gasteiger partial charge in [0.15, 0.2) is 0 Å². The minimum Gasteiger partial charge on any atom is -0.464 e. The Bertz CT molecular complexity index is 1220. The molecule has 0 aliphatic heterocycles. The fraction of sp³-hybridized carbons (Fsp3) is 0.241. The predicted molar refractivity (Wildman–Crippen MR) is 141 cm³/mol. The average molecular weight is 535 g/mol. The first-order valence-corrected chi connectivity index (χ1v) is 12.3. The monoisotopic (exact) mass is 534 g/mol. The number of ether oxygens (including phenoxy) is 4. The number of carbonyl (C=O) groups excluding carboxylic acids is 4. The van der Waals surface area contributed by atoms with Gasteiger partial charge in [0.25, 0.3) is 0 Å². The number of hydrogen-bond acceptors (Lipinski definition) is 8. The lowest BCUT2D eigenvalue weighted by atomic mass is 10.1. The van der Waals surface area contributed by atoms with Gasteiger partial charge in [0.2, 0.25) is 0 Å². The normalized spacial score (nSPS) is 11.0. The first-order valence-electron chi connectivity index (χ1n) is 12.3. The van der Waals surface area contributed by atoms with E-state index >= 15 is 0 Å². The predicted octanol–water partition coefficient (Wildman–Crippen LogP) is 3.92. The number of carbonyl (C=O) groups is 4. The largest absolute Gasteiger partial charge is 0.464 e. The molecule has 3 aromatic rings. The Kier molecular flexibility index (Phi) is 11.3. The maximum atomic E-state index is 12.4. The van der Waals surface area contributed by atoms with Crippen LogP contribution >= 0.6 is 0 Å². The molecule has 0 aliphatic rings. The van der Waals surface area contributed by atoms with Crippen LogP contribution in [-0.2, 0) is 43.4 Å². The van der Waals surface area contributed by atoms with Crippen molar-refractivity contribution in [3.8, 4) is 5.75 Å². The summed E-state index contributed by atoms with van der Waals surface area (Å²) in [5.41, 5.74) is 2.31. The van der Waals surface area contributed by atoms with Crippen LogP contribution in [0.4, 0.5) is 9.59 Å². The summed E-state index contributed by atoms with van der Waals surface area (Å²) in [4.78, 5) is 48.6. The van der Waals surface area contributed by atoms with Gasteiger partial charge in [-0.15, -0.1) is 0 Å². The zero-order valence-electron chi connectivity index (χ0n) is 21.5. The Morgan fingerprint density at radius 3 is 1.82 bits per heavy atom. The lowest BCUT2D eigenvalue weighted by Crippen LogP contribution is -2.43. The molecule has 39 heavy (non-hydrogen) atoms. The second-order valence-electron chi connectivity index (χ2n) is 8.25. The van der Waals surface area contributed by atoms with E-state index < -0.39 is 30.2 Å². The molecule has 1 atom stereocenters. The summed E-state index contributed by atoms with van der Waals surface area (Å²) in [6, 6.07) is 23.7. The van der Waals surface area contributed by atoms with Crippen molar-refractivity contribution < 1.29 is 38.1 Å². The number of nitrogens with one attached hydrogen (secondary N) is 2. The number of hydrogen-bond donors (Lipinski definition) is 2. The molecule has 2 N–H and O–H groups in total. The Balaban J connectivity index is 1.45. The van der Waals surface area contributed by atoms with Gasteiger partial charge in [0.05, 0.1) is 6.61 Å². The van der Waals surface area contributed by atoms with Gasteiger partial charge < -0.3 is 29.6 Å². The first kappa shape index (κ1) is 28.7. The number of esters is 2. The second kappa shape index (κ2) is 15.4. The fourth-order valence-electron chi connectivity index (χ4n) is 3.36. The molecule has 10 heteroatoms. The molecule has 3 aromatic carbocycles. The molecule has 0 heterocycles. The van der Waals surface area contributed by atoms with E-state index in [9.17, 15) is 19.2 Å². The molecule has 1 unspecified atom stereocenters. The topological polar surface area (TPSA) is 129 Å². The van der Waals surface area contributed by atoms with E-state index in [1.807, 2.05) is 60.7 Å². The van der Waals surface area contributed by atoms with Gasteiger partial charge in [-0.1, -0.05) is 72.8 Å². The lowest BCUT2D eigenvalue weighted by Gasteiger charge is -2.17. The van der Waals surface area contributed by atoms with E-state index in [1.54, 1.807) is 19.1 Å². The molecule has 0 bridgehead atoms. The number of amides is 2. The minimum atomic E-state index is -0.979. The Labute approximate surface area is 226 Å². The summed E-state index contributed by atoms with van der Waals surface area (Å²) in [7, 11) is 0. The fourth-order valence-corrected chi connectivity index (χ4v) is 3.36. The van der Waals surface area contributed by atoms with Crippen LogP contribution in [0.1, 0.15) is 23.6 Å². The van der Waals surface area contributed by atoms with Crippen molar-refractivity contribution in [3.63, 3.8) is 0 Å². The Morgan fingerprint density at radius 1 is 0.692 bits per heavy atom. The SMILES string of the molecule is CCOC(=O)C(Cc1ccc(OC(=O)CNC(=O)OCc2ccccc2)cc1)NC(=O)OCc1ccccc1. The number of rotatable bonds is 12. The third-order valence-corrected chi connectivity index (χ3v) is 5.26. The maximum Gasteiger partial charge on any atom is 0.408 e. The summed E-state index contributed by atoms with van der Waals surface area (Å²) >= 11 is 0. The third-order valence-electron chi connectivity index (χ3n) is 5.26. The van der Waals surface area contributed by atoms with Crippen LogP contribution in [0.5, 0.6) is 5.75 Å². The Morgan fingerprint density at radius 2 is 1.26 bits per heavy atom. The van der Waals surface area contributed by atoms with Crippen LogP contribution < -0.4 is 15.4 Å². The van der Waals surface area contributed by atoms with E-state index in [2.05, 4.69) is 10.6 Å². The van der Waals surface area contributed by atoms with Crippen molar-refractivity contribution in [2.24, 2.45) is 0 Å². The standard InChI is InChI=1S/C29H30N2O8/c1-2-36-27(33)25(31-29(35)38-20-23-11-7-4-8-12-23)17-21-13-15-24(16-14-21)39-26(32)18-30-28(34)37-19-22-9-5-3-6-10-22/h3-16,25H,2,17-20H2,1H3,(H,30,34)(H,31,35). The molecule has 0 aromatic heterocycles. The van der Waals surface area contributed by atoms with Crippen LogP contribution in [0.3, 0.4) is 0 Å². The first-order chi connectivity index (χ1) is 18.9. The molecule has 0 spiro atoms. The summed E-state index contributed by atoms with van der Waals surface area (Å²) in [5.74, 6) is -1.05. The van der Waals surface area contributed by atoms with Crippen molar-refractivity contribution in [3.05, 3.63) is 102 Å². The average Bonchev–Trinajstić information content (AvgIpc) is 2.96. The molecule has 204 valence electrons. The molecular formula is C29H30N2O8. The molecule has 0 radical (unpaired) electrons. The zero-order valence-corrected chi connectivity index (χ0v) is 21.5. The van der Waals surface area contributed by atoms with Gasteiger partial charge in [-0.2, -0.15) is 0 Å². The highest BCUT2D eigenvalue weighted by molar-refractivity contribution is 5.82.